The number of fused-ring (bicyclic) bond motifs is 4. The van der Waals surface area contributed by atoms with Crippen molar-refractivity contribution in [1.29, 1.82) is 0 Å². The van der Waals surface area contributed by atoms with Crippen molar-refractivity contribution in [1.82, 2.24) is 10.2 Å². The van der Waals surface area contributed by atoms with Crippen LogP contribution in [-0.4, -0.2) is 44.8 Å². The second-order valence-electron chi connectivity index (χ2n) is 11.6. The molecule has 4 fully saturated rings. The van der Waals surface area contributed by atoms with E-state index in [1.807, 2.05) is 29.2 Å². The fraction of sp³-hybridized carbons (Fsp3) is 0.414. The van der Waals surface area contributed by atoms with E-state index in [0.29, 0.717) is 30.8 Å². The van der Waals surface area contributed by atoms with Gasteiger partial charge in [-0.1, -0.05) is 24.3 Å². The molecule has 2 unspecified atom stereocenters. The van der Waals surface area contributed by atoms with E-state index in [4.69, 9.17) is 0 Å². The van der Waals surface area contributed by atoms with Crippen LogP contribution in [0.2, 0.25) is 0 Å². The Kier molecular flexibility index (Phi) is 3.72. The van der Waals surface area contributed by atoms with Gasteiger partial charge in [-0.2, -0.15) is 4.74 Å². The van der Waals surface area contributed by atoms with Crippen molar-refractivity contribution in [3.05, 3.63) is 64.4 Å². The molecule has 4 saturated heterocycles. The number of hydrogen-bond acceptors (Lipinski definition) is 3. The van der Waals surface area contributed by atoms with E-state index in [1.54, 1.807) is 0 Å². The molecular formula is C29H29N3O3. The highest BCUT2D eigenvalue weighted by molar-refractivity contribution is 6.30. The van der Waals surface area contributed by atoms with E-state index in [9.17, 15) is 14.8 Å². The fourth-order valence-corrected chi connectivity index (χ4v) is 7.91. The lowest BCUT2D eigenvalue weighted by molar-refractivity contribution is -0.362. The molecule has 6 heteroatoms. The summed E-state index contributed by atoms with van der Waals surface area (Å²) in [5.74, 6) is -0.217. The zero-order chi connectivity index (χ0) is 24.5. The van der Waals surface area contributed by atoms with Crippen LogP contribution >= 0.6 is 0 Å². The van der Waals surface area contributed by atoms with Crippen molar-refractivity contribution in [2.24, 2.45) is 11.3 Å². The quantitative estimate of drug-likeness (QED) is 0.504. The zero-order valence-corrected chi connectivity index (χ0v) is 20.6. The smallest absolute Gasteiger partial charge is 0.253 e. The van der Waals surface area contributed by atoms with E-state index in [0.717, 1.165) is 33.4 Å². The lowest BCUT2D eigenvalue weighted by atomic mass is 9.51. The Morgan fingerprint density at radius 3 is 2.60 bits per heavy atom. The molecule has 1 aliphatic carbocycles. The van der Waals surface area contributed by atoms with Crippen molar-refractivity contribution >= 4 is 28.8 Å². The molecule has 8 rings (SSSR count). The number of allylic oxidation sites excluding steroid dienone is 1. The van der Waals surface area contributed by atoms with Gasteiger partial charge in [0.05, 0.1) is 16.6 Å². The summed E-state index contributed by atoms with van der Waals surface area (Å²) in [4.78, 5) is 29.1. The average molecular weight is 468 g/mol. The van der Waals surface area contributed by atoms with E-state index in [1.165, 1.54) is 11.1 Å². The Morgan fingerprint density at radius 1 is 1.11 bits per heavy atom. The number of amides is 2. The van der Waals surface area contributed by atoms with Crippen LogP contribution in [0.25, 0.3) is 16.7 Å². The van der Waals surface area contributed by atoms with Gasteiger partial charge in [0.1, 0.15) is 11.1 Å². The Morgan fingerprint density at radius 2 is 1.86 bits per heavy atom. The summed E-state index contributed by atoms with van der Waals surface area (Å²) in [6.07, 6.45) is 4.05. The van der Waals surface area contributed by atoms with Crippen LogP contribution in [0.1, 0.15) is 49.8 Å². The lowest BCUT2D eigenvalue weighted by Gasteiger charge is -2.62. The third kappa shape index (κ3) is 2.24. The molecule has 6 nitrogen and oxygen atoms in total. The predicted molar refractivity (Wildman–Crippen MR) is 134 cm³/mol. The molecule has 2 aromatic rings. The van der Waals surface area contributed by atoms with Gasteiger partial charge in [0.15, 0.2) is 0 Å². The summed E-state index contributed by atoms with van der Waals surface area (Å²) in [5, 5.41) is 17.1. The third-order valence-electron chi connectivity index (χ3n) is 9.51. The maximum Gasteiger partial charge on any atom is 0.253 e. The number of aryl methyl sites for hydroxylation is 2. The summed E-state index contributed by atoms with van der Waals surface area (Å²) in [5.41, 5.74) is 4.97. The topological polar surface area (TPSA) is 75.5 Å². The van der Waals surface area contributed by atoms with Crippen LogP contribution in [0.15, 0.2) is 42.5 Å². The monoisotopic (exact) mass is 467 g/mol. The van der Waals surface area contributed by atoms with Crippen LogP contribution in [0, 0.1) is 30.4 Å². The first-order valence-corrected chi connectivity index (χ1v) is 12.6. The minimum Gasteiger partial charge on any atom is -0.618 e. The summed E-state index contributed by atoms with van der Waals surface area (Å²) in [6, 6.07) is 12.3. The molecular weight excluding hydrogens is 438 g/mol. The lowest BCUT2D eigenvalue weighted by Crippen LogP contribution is -2.83. The highest BCUT2D eigenvalue weighted by Gasteiger charge is 2.73. The van der Waals surface area contributed by atoms with Gasteiger partial charge in [-0.05, 0) is 81.4 Å². The van der Waals surface area contributed by atoms with Gasteiger partial charge >= 0.3 is 0 Å². The van der Waals surface area contributed by atoms with Crippen LogP contribution in [0.3, 0.4) is 0 Å². The number of nitrogens with one attached hydrogen (secondary N) is 1. The molecule has 6 aliphatic rings. The molecule has 1 N–H and O–H groups in total. The third-order valence-corrected chi connectivity index (χ3v) is 9.51. The Hall–Kier alpha value is -3.41. The molecule has 35 heavy (non-hydrogen) atoms. The van der Waals surface area contributed by atoms with Gasteiger partial charge in [0, 0.05) is 18.5 Å². The number of carbonyl (C=O) groups excluding carboxylic acids is 2. The Labute approximate surface area is 204 Å². The Balaban J connectivity index is 1.45. The summed E-state index contributed by atoms with van der Waals surface area (Å²) >= 11 is 0. The normalized spacial score (nSPS) is 31.6. The highest BCUT2D eigenvalue weighted by Crippen LogP contribution is 2.60. The zero-order valence-electron chi connectivity index (χ0n) is 20.6. The van der Waals surface area contributed by atoms with Crippen molar-refractivity contribution in [2.45, 2.75) is 58.0 Å². The highest BCUT2D eigenvalue weighted by atomic mass is 16.5. The molecule has 0 radical (unpaired) electrons. The molecule has 2 amide bonds. The summed E-state index contributed by atoms with van der Waals surface area (Å²) in [6.45, 7) is 8.95. The first-order chi connectivity index (χ1) is 16.6. The number of benzene rings is 2. The van der Waals surface area contributed by atoms with E-state index in [-0.39, 0.29) is 17.7 Å². The van der Waals surface area contributed by atoms with E-state index >= 15 is 0 Å². The van der Waals surface area contributed by atoms with Crippen LogP contribution < -0.4 is 5.32 Å². The molecule has 2 spiro atoms. The molecule has 2 bridgehead atoms. The van der Waals surface area contributed by atoms with Gasteiger partial charge in [0.25, 0.3) is 5.91 Å². The van der Waals surface area contributed by atoms with Gasteiger partial charge in [-0.25, -0.2) is 0 Å². The minimum absolute atomic E-state index is 0.0106. The van der Waals surface area contributed by atoms with E-state index in [2.05, 4.69) is 51.2 Å². The minimum atomic E-state index is -1.10. The summed E-state index contributed by atoms with van der Waals surface area (Å²) < 4.78 is 1.09. The summed E-state index contributed by atoms with van der Waals surface area (Å²) in [7, 11) is 0. The van der Waals surface area contributed by atoms with Crippen LogP contribution in [0.4, 0.5) is 5.69 Å². The van der Waals surface area contributed by atoms with Gasteiger partial charge in [-0.15, -0.1) is 0 Å². The van der Waals surface area contributed by atoms with Crippen molar-refractivity contribution in [3.8, 4) is 11.1 Å². The second kappa shape index (κ2) is 6.23. The number of piperidine rings is 2. The standard InChI is InChI=1S/C29H29N3O3/c1-16-7-5-8-17(2)23(16)18-9-10-19-20-14-29-22(27(3,4)24(20)32(35)21(19)13-18)15-28(25(33)30-29)11-6-12-31(28)26(29)34/h5,7-10,13-14,22H,6,11-12,15H2,1-4H3,(H,30,33)/t22?,28?,29-/m0/s1. The Bertz CT molecular complexity index is 1430. The molecule has 5 aliphatic heterocycles. The first kappa shape index (κ1) is 20.9. The number of piperazine rings is 1. The molecule has 0 aromatic heterocycles. The molecule has 5 heterocycles. The van der Waals surface area contributed by atoms with Crippen molar-refractivity contribution < 1.29 is 14.3 Å². The molecule has 3 atom stereocenters. The van der Waals surface area contributed by atoms with E-state index < -0.39 is 16.5 Å². The van der Waals surface area contributed by atoms with Crippen LogP contribution in [-0.2, 0) is 9.59 Å². The maximum absolute atomic E-state index is 13.9. The number of carbonyl (C=O) groups is 2. The average Bonchev–Trinajstić information content (AvgIpc) is 3.36. The number of hydrogen-bond donors (Lipinski definition) is 1. The second-order valence-corrected chi connectivity index (χ2v) is 11.6. The largest absolute Gasteiger partial charge is 0.618 e. The van der Waals surface area contributed by atoms with Gasteiger partial charge in [0.2, 0.25) is 17.3 Å². The number of nitrogens with zero attached hydrogens (tertiary/aromatic N) is 2. The first-order valence-electron chi connectivity index (χ1n) is 12.6. The van der Waals surface area contributed by atoms with Gasteiger partial charge < -0.3 is 15.4 Å². The molecule has 178 valence electrons. The van der Waals surface area contributed by atoms with Crippen LogP contribution in [0.5, 0.6) is 0 Å². The van der Waals surface area contributed by atoms with Gasteiger partial charge in [-0.3, -0.25) is 9.59 Å². The van der Waals surface area contributed by atoms with Crippen molar-refractivity contribution in [3.63, 3.8) is 0 Å². The SMILES string of the molecule is Cc1cccc(C)c1-c1ccc2c(c1)[N+]([O-])=C1C2=C[C@@]23NC(=O)C4(CCCN4C2=O)CC3C1(C)C. The fourth-order valence-electron chi connectivity index (χ4n) is 7.91. The molecule has 2 aromatic carbocycles. The molecule has 0 saturated carbocycles. The number of rotatable bonds is 1. The maximum atomic E-state index is 13.9. The predicted octanol–water partition coefficient (Wildman–Crippen LogP) is 4.24. The van der Waals surface area contributed by atoms with Crippen molar-refractivity contribution in [2.75, 3.05) is 6.54 Å².